The van der Waals surface area contributed by atoms with Gasteiger partial charge in [-0.05, 0) is 26.7 Å². The fourth-order valence-corrected chi connectivity index (χ4v) is 2.64. The van der Waals surface area contributed by atoms with Crippen molar-refractivity contribution in [2.45, 2.75) is 58.2 Å². The van der Waals surface area contributed by atoms with Gasteiger partial charge in [-0.25, -0.2) is 9.67 Å². The van der Waals surface area contributed by atoms with Crippen molar-refractivity contribution in [3.63, 3.8) is 0 Å². The van der Waals surface area contributed by atoms with Crippen molar-refractivity contribution < 1.29 is 9.59 Å². The van der Waals surface area contributed by atoms with Crippen molar-refractivity contribution in [1.82, 2.24) is 25.0 Å². The largest absolute Gasteiger partial charge is 0.350 e. The van der Waals surface area contributed by atoms with Crippen LogP contribution in [0.25, 0.3) is 0 Å². The Morgan fingerprint density at radius 2 is 2.24 bits per heavy atom. The number of nitrogens with zero attached hydrogens (tertiary/aromatic N) is 4. The molecule has 2 amide bonds. The molecule has 1 fully saturated rings. The summed E-state index contributed by atoms with van der Waals surface area (Å²) in [6, 6.07) is -0.459. The van der Waals surface area contributed by atoms with Crippen LogP contribution in [0, 0.1) is 0 Å². The summed E-state index contributed by atoms with van der Waals surface area (Å²) in [5, 5.41) is 7.08. The van der Waals surface area contributed by atoms with Crippen LogP contribution in [0.2, 0.25) is 0 Å². The number of carbonyl (C=O) groups is 2. The van der Waals surface area contributed by atoms with E-state index in [1.807, 2.05) is 20.8 Å². The normalized spacial score (nSPS) is 19.4. The number of nitrogens with one attached hydrogen (secondary N) is 1. The minimum Gasteiger partial charge on any atom is -0.350 e. The van der Waals surface area contributed by atoms with Crippen molar-refractivity contribution in [2.24, 2.45) is 0 Å². The van der Waals surface area contributed by atoms with Crippen LogP contribution < -0.4 is 5.32 Å². The predicted molar refractivity (Wildman–Crippen MR) is 77.4 cm³/mol. The molecule has 1 aliphatic rings. The van der Waals surface area contributed by atoms with Crippen molar-refractivity contribution in [3.8, 4) is 0 Å². The highest BCUT2D eigenvalue weighted by Gasteiger charge is 2.32. The van der Waals surface area contributed by atoms with E-state index in [1.165, 1.54) is 6.33 Å². The summed E-state index contributed by atoms with van der Waals surface area (Å²) in [4.78, 5) is 29.9. The smallest absolute Gasteiger partial charge is 0.243 e. The van der Waals surface area contributed by atoms with Gasteiger partial charge in [0.15, 0.2) is 0 Å². The van der Waals surface area contributed by atoms with E-state index in [0.717, 1.165) is 6.42 Å². The lowest BCUT2D eigenvalue weighted by Crippen LogP contribution is -2.50. The lowest BCUT2D eigenvalue weighted by Gasteiger charge is -2.29. The molecule has 2 rings (SSSR count). The molecule has 0 radical (unpaired) electrons. The minimum atomic E-state index is -0.370. The Bertz CT molecular complexity index is 488. The van der Waals surface area contributed by atoms with Crippen LogP contribution in [0.4, 0.5) is 0 Å². The molecular weight excluding hydrogens is 270 g/mol. The Kier molecular flexibility index (Phi) is 4.93. The second-order valence-electron chi connectivity index (χ2n) is 5.53. The van der Waals surface area contributed by atoms with Crippen LogP contribution in [-0.2, 0) is 9.59 Å². The Morgan fingerprint density at radius 3 is 2.76 bits per heavy atom. The molecule has 1 aliphatic heterocycles. The number of rotatable bonds is 6. The molecular formula is C14H23N5O2. The van der Waals surface area contributed by atoms with E-state index >= 15 is 0 Å². The molecule has 0 saturated carbocycles. The molecule has 7 heteroatoms. The van der Waals surface area contributed by atoms with Crippen molar-refractivity contribution in [2.75, 3.05) is 6.54 Å². The highest BCUT2D eigenvalue weighted by atomic mass is 16.2. The number of aromatic nitrogens is 3. The third-order valence-corrected chi connectivity index (χ3v) is 4.12. The lowest BCUT2D eigenvalue weighted by molar-refractivity contribution is -0.138. The summed E-state index contributed by atoms with van der Waals surface area (Å²) in [5.74, 6) is -0.0128. The van der Waals surface area contributed by atoms with Gasteiger partial charge in [-0.2, -0.15) is 5.10 Å². The maximum Gasteiger partial charge on any atom is 0.243 e. The molecule has 116 valence electrons. The molecule has 21 heavy (non-hydrogen) atoms. The van der Waals surface area contributed by atoms with Crippen molar-refractivity contribution in [3.05, 3.63) is 12.7 Å². The molecule has 1 N–H and O–H groups in total. The molecule has 0 bridgehead atoms. The summed E-state index contributed by atoms with van der Waals surface area (Å²) in [5.41, 5.74) is 0. The molecule has 7 nitrogen and oxygen atoms in total. The monoisotopic (exact) mass is 293 g/mol. The van der Waals surface area contributed by atoms with Gasteiger partial charge in [-0.3, -0.25) is 9.59 Å². The van der Waals surface area contributed by atoms with E-state index in [2.05, 4.69) is 15.4 Å². The molecule has 2 heterocycles. The first kappa shape index (κ1) is 15.5. The number of hydrogen-bond acceptors (Lipinski definition) is 4. The molecule has 0 aromatic carbocycles. The summed E-state index contributed by atoms with van der Waals surface area (Å²) < 4.78 is 1.72. The molecule has 1 saturated heterocycles. The zero-order valence-electron chi connectivity index (χ0n) is 12.8. The Labute approximate surface area is 124 Å². The number of hydrogen-bond donors (Lipinski definition) is 1. The first-order chi connectivity index (χ1) is 10.0. The third-order valence-electron chi connectivity index (χ3n) is 4.12. The van der Waals surface area contributed by atoms with Gasteiger partial charge < -0.3 is 10.2 Å². The average molecular weight is 293 g/mol. The van der Waals surface area contributed by atoms with Crippen molar-refractivity contribution >= 4 is 11.8 Å². The van der Waals surface area contributed by atoms with Gasteiger partial charge in [0, 0.05) is 19.0 Å². The molecule has 1 aromatic rings. The zero-order chi connectivity index (χ0) is 15.4. The van der Waals surface area contributed by atoms with Crippen LogP contribution >= 0.6 is 0 Å². The zero-order valence-corrected chi connectivity index (χ0v) is 12.8. The third kappa shape index (κ3) is 3.40. The van der Waals surface area contributed by atoms with E-state index in [1.54, 1.807) is 15.9 Å². The molecule has 3 atom stereocenters. The van der Waals surface area contributed by atoms with Gasteiger partial charge in [0.25, 0.3) is 0 Å². The number of carbonyl (C=O) groups excluding carboxylic acids is 2. The first-order valence-corrected chi connectivity index (χ1v) is 7.48. The van der Waals surface area contributed by atoms with Crippen LogP contribution in [0.15, 0.2) is 12.7 Å². The quantitative estimate of drug-likeness (QED) is 0.839. The van der Waals surface area contributed by atoms with E-state index in [-0.39, 0.29) is 29.9 Å². The summed E-state index contributed by atoms with van der Waals surface area (Å²) in [6.07, 6.45) is 5.13. The van der Waals surface area contributed by atoms with E-state index in [9.17, 15) is 9.59 Å². The average Bonchev–Trinajstić information content (AvgIpc) is 3.11. The molecule has 0 spiro atoms. The van der Waals surface area contributed by atoms with Crippen LogP contribution in [0.3, 0.4) is 0 Å². The van der Waals surface area contributed by atoms with E-state index < -0.39 is 0 Å². The highest BCUT2D eigenvalue weighted by Crippen LogP contribution is 2.17. The number of amides is 2. The van der Waals surface area contributed by atoms with E-state index in [0.29, 0.717) is 19.4 Å². The van der Waals surface area contributed by atoms with E-state index in [4.69, 9.17) is 0 Å². The van der Waals surface area contributed by atoms with Gasteiger partial charge in [0.05, 0.1) is 6.04 Å². The van der Waals surface area contributed by atoms with Gasteiger partial charge in [-0.1, -0.05) is 6.92 Å². The highest BCUT2D eigenvalue weighted by molar-refractivity contribution is 5.88. The molecule has 0 unspecified atom stereocenters. The Balaban J connectivity index is 1.97. The summed E-state index contributed by atoms with van der Waals surface area (Å²) in [6.45, 7) is 6.52. The predicted octanol–water partition coefficient (Wildman–Crippen LogP) is 0.745. The van der Waals surface area contributed by atoms with Crippen LogP contribution in [0.1, 0.15) is 46.1 Å². The number of likely N-dealkylation sites (tertiary alicyclic amines) is 1. The minimum absolute atomic E-state index is 0.00300. The summed E-state index contributed by atoms with van der Waals surface area (Å²) in [7, 11) is 0. The fourth-order valence-electron chi connectivity index (χ4n) is 2.64. The Hall–Kier alpha value is -1.92. The summed E-state index contributed by atoms with van der Waals surface area (Å²) >= 11 is 0. The van der Waals surface area contributed by atoms with Gasteiger partial charge in [0.2, 0.25) is 11.8 Å². The molecule has 0 aliphatic carbocycles. The maximum absolute atomic E-state index is 12.4. The van der Waals surface area contributed by atoms with Crippen LogP contribution in [-0.4, -0.2) is 50.1 Å². The fraction of sp³-hybridized carbons (Fsp3) is 0.714. The second kappa shape index (κ2) is 6.69. The van der Waals surface area contributed by atoms with Crippen LogP contribution in [0.5, 0.6) is 0 Å². The first-order valence-electron chi connectivity index (χ1n) is 7.48. The van der Waals surface area contributed by atoms with Gasteiger partial charge >= 0.3 is 0 Å². The Morgan fingerprint density at radius 1 is 1.48 bits per heavy atom. The van der Waals surface area contributed by atoms with Crippen molar-refractivity contribution in [1.29, 1.82) is 0 Å². The van der Waals surface area contributed by atoms with Gasteiger partial charge in [0.1, 0.15) is 18.7 Å². The SMILES string of the molecule is CC[C@H](C(=O)N[C@H](C)[C@H](C)n1cncn1)N1CCCC1=O. The maximum atomic E-state index is 12.4. The lowest BCUT2D eigenvalue weighted by atomic mass is 10.1. The second-order valence-corrected chi connectivity index (χ2v) is 5.53. The molecule has 1 aromatic heterocycles. The van der Waals surface area contributed by atoms with Gasteiger partial charge in [-0.15, -0.1) is 0 Å². The topological polar surface area (TPSA) is 80.1 Å². The standard InChI is InChI=1S/C14H23N5O2/c1-4-12(18-7-5-6-13(18)20)14(21)17-10(2)11(3)19-9-15-8-16-19/h8-12H,4-7H2,1-3H3,(H,17,21)/t10-,11+,12-/m1/s1.